The third-order valence-electron chi connectivity index (χ3n) is 2.56. The lowest BCUT2D eigenvalue weighted by molar-refractivity contribution is 0.752. The molecule has 0 saturated carbocycles. The van der Waals surface area contributed by atoms with Gasteiger partial charge in [0.2, 0.25) is 0 Å². The largest absolute Gasteiger partial charge is 0.276 e. The van der Waals surface area contributed by atoms with E-state index in [4.69, 9.17) is 0 Å². The highest BCUT2D eigenvalue weighted by molar-refractivity contribution is 7.37. The van der Waals surface area contributed by atoms with Crippen molar-refractivity contribution in [2.45, 2.75) is 45.5 Å². The molecule has 0 heterocycles. The van der Waals surface area contributed by atoms with E-state index in [2.05, 4.69) is 70.7 Å². The van der Waals surface area contributed by atoms with Crippen molar-refractivity contribution in [1.82, 2.24) is 0 Å². The minimum Gasteiger partial charge on any atom is -0.276 e. The van der Waals surface area contributed by atoms with Gasteiger partial charge in [-0.2, -0.15) is 5.04 Å². The first-order chi connectivity index (χ1) is 6.73. The van der Waals surface area contributed by atoms with Gasteiger partial charge in [-0.1, -0.05) is 78.3 Å². The van der Waals surface area contributed by atoms with Crippen LogP contribution in [0.15, 0.2) is 30.3 Å². The zero-order valence-corrected chi connectivity index (χ0v) is 12.9. The van der Waals surface area contributed by atoms with Crippen LogP contribution in [0.5, 0.6) is 0 Å². The first-order valence-corrected chi connectivity index (χ1v) is 11.7. The van der Waals surface area contributed by atoms with Crippen LogP contribution in [0, 0.1) is 0 Å². The van der Waals surface area contributed by atoms with Crippen molar-refractivity contribution in [1.29, 1.82) is 0 Å². The molecule has 1 aromatic carbocycles. The molecular formula is C13H23Si2-. The first-order valence-electron chi connectivity index (χ1n) is 5.66. The molecule has 1 aromatic rings. The van der Waals surface area contributed by atoms with Gasteiger partial charge in [0, 0.05) is 0 Å². The summed E-state index contributed by atoms with van der Waals surface area (Å²) in [7, 11) is -1.48. The standard InChI is InChI=1S/C13H23Si2/c1-13(2,3)14(15(4,5)6)12-10-8-7-9-11-12/h7-11H,1-6H3/q-1. The van der Waals surface area contributed by atoms with Crippen molar-refractivity contribution >= 4 is 21.1 Å². The summed E-state index contributed by atoms with van der Waals surface area (Å²) < 4.78 is 0. The number of hydrogen-bond donors (Lipinski definition) is 0. The van der Waals surface area contributed by atoms with Crippen molar-refractivity contribution < 1.29 is 0 Å². The molecule has 0 saturated heterocycles. The van der Waals surface area contributed by atoms with Crippen LogP contribution >= 0.6 is 0 Å². The summed E-state index contributed by atoms with van der Waals surface area (Å²) in [5, 5.41) is 2.09. The van der Waals surface area contributed by atoms with Crippen molar-refractivity contribution in [3.05, 3.63) is 30.3 Å². The van der Waals surface area contributed by atoms with Gasteiger partial charge in [-0.05, 0) is 0 Å². The third kappa shape index (κ3) is 3.31. The second-order valence-corrected chi connectivity index (χ2v) is 19.6. The Morgan fingerprint density at radius 3 is 1.73 bits per heavy atom. The summed E-state index contributed by atoms with van der Waals surface area (Å²) in [5.74, 6) is 0. The van der Waals surface area contributed by atoms with Gasteiger partial charge in [0.05, 0.1) is 0 Å². The zero-order valence-electron chi connectivity index (χ0n) is 10.9. The number of benzene rings is 1. The van der Waals surface area contributed by atoms with Crippen molar-refractivity contribution in [2.24, 2.45) is 0 Å². The smallest absolute Gasteiger partial charge is 0.0625 e. The Bertz CT molecular complexity index is 290. The fraction of sp³-hybridized carbons (Fsp3) is 0.538. The summed E-state index contributed by atoms with van der Waals surface area (Å²) in [6.45, 7) is 14.8. The average molecular weight is 235 g/mol. The van der Waals surface area contributed by atoms with Crippen LogP contribution in [0.1, 0.15) is 20.8 Å². The molecule has 0 aromatic heterocycles. The molecule has 0 N–H and O–H groups in total. The second kappa shape index (κ2) is 4.26. The molecule has 0 aliphatic carbocycles. The number of hydrogen-bond acceptors (Lipinski definition) is 0. The molecule has 0 radical (unpaired) electrons. The van der Waals surface area contributed by atoms with Gasteiger partial charge >= 0.3 is 0 Å². The van der Waals surface area contributed by atoms with Crippen LogP contribution in [0.2, 0.25) is 24.7 Å². The lowest BCUT2D eigenvalue weighted by atomic mass is 10.2. The summed E-state index contributed by atoms with van der Waals surface area (Å²) in [5.41, 5.74) is 0. The highest BCUT2D eigenvalue weighted by atomic mass is 29.2. The zero-order chi connectivity index (χ0) is 11.7. The van der Waals surface area contributed by atoms with Crippen LogP contribution in [0.4, 0.5) is 0 Å². The summed E-state index contributed by atoms with van der Waals surface area (Å²) in [6.07, 6.45) is 0. The van der Waals surface area contributed by atoms with E-state index in [1.54, 1.807) is 5.19 Å². The molecule has 1 rings (SSSR count). The van der Waals surface area contributed by atoms with E-state index >= 15 is 0 Å². The lowest BCUT2D eigenvalue weighted by Crippen LogP contribution is -2.56. The Morgan fingerprint density at radius 2 is 1.40 bits per heavy atom. The van der Waals surface area contributed by atoms with Crippen LogP contribution < -0.4 is 5.19 Å². The van der Waals surface area contributed by atoms with Gasteiger partial charge in [-0.15, -0.1) is 0 Å². The van der Waals surface area contributed by atoms with Crippen LogP contribution in [-0.4, -0.2) is 15.9 Å². The van der Waals surface area contributed by atoms with Gasteiger partial charge in [-0.25, -0.2) is 5.19 Å². The van der Waals surface area contributed by atoms with E-state index in [1.807, 2.05) is 0 Å². The third-order valence-corrected chi connectivity index (χ3v) is 14.1. The Balaban J connectivity index is 3.15. The summed E-state index contributed by atoms with van der Waals surface area (Å²) >= 11 is 0. The SMILES string of the molecule is CC(C)(C)[Si-](c1ccccc1)[Si](C)(C)C. The summed E-state index contributed by atoms with van der Waals surface area (Å²) in [4.78, 5) is 0. The molecule has 0 aliphatic rings. The molecule has 0 nitrogen and oxygen atoms in total. The lowest BCUT2D eigenvalue weighted by Gasteiger charge is -2.54. The molecule has 84 valence electrons. The van der Waals surface area contributed by atoms with E-state index in [0.29, 0.717) is 5.04 Å². The number of rotatable bonds is 2. The van der Waals surface area contributed by atoms with Crippen LogP contribution in [-0.2, 0) is 0 Å². The molecule has 15 heavy (non-hydrogen) atoms. The Hall–Kier alpha value is -0.346. The molecule has 0 fully saturated rings. The monoisotopic (exact) mass is 235 g/mol. The van der Waals surface area contributed by atoms with E-state index < -0.39 is 15.9 Å². The molecule has 0 atom stereocenters. The second-order valence-electron chi connectivity index (χ2n) is 6.24. The van der Waals surface area contributed by atoms with Crippen LogP contribution in [0.3, 0.4) is 0 Å². The molecule has 0 bridgehead atoms. The maximum absolute atomic E-state index is 2.51. The van der Waals surface area contributed by atoms with Crippen molar-refractivity contribution in [3.8, 4) is 0 Å². The van der Waals surface area contributed by atoms with Gasteiger partial charge in [0.1, 0.15) is 0 Å². The Kier molecular flexibility index (Phi) is 3.61. The predicted octanol–water partition coefficient (Wildman–Crippen LogP) is 3.61. The van der Waals surface area contributed by atoms with Crippen molar-refractivity contribution in [3.63, 3.8) is 0 Å². The normalized spacial score (nSPS) is 12.7. The predicted molar refractivity (Wildman–Crippen MR) is 74.9 cm³/mol. The van der Waals surface area contributed by atoms with E-state index in [9.17, 15) is 0 Å². The first kappa shape index (κ1) is 12.7. The van der Waals surface area contributed by atoms with E-state index in [0.717, 1.165) is 0 Å². The minimum atomic E-state index is -1.06. The Labute approximate surface area is 97.1 Å². The molecule has 2 heteroatoms. The van der Waals surface area contributed by atoms with Gasteiger partial charge in [0.25, 0.3) is 0 Å². The molecule has 0 unspecified atom stereocenters. The quantitative estimate of drug-likeness (QED) is 0.687. The van der Waals surface area contributed by atoms with Crippen LogP contribution in [0.25, 0.3) is 0 Å². The van der Waals surface area contributed by atoms with Gasteiger partial charge in [-0.3, -0.25) is 8.31 Å². The molecule has 0 spiro atoms. The maximum Gasteiger partial charge on any atom is -0.0625 e. The molecular weight excluding hydrogens is 212 g/mol. The van der Waals surface area contributed by atoms with Crippen molar-refractivity contribution in [2.75, 3.05) is 0 Å². The molecule has 0 amide bonds. The van der Waals surface area contributed by atoms with E-state index in [1.165, 1.54) is 0 Å². The fourth-order valence-electron chi connectivity index (χ4n) is 2.60. The topological polar surface area (TPSA) is 0 Å². The van der Waals surface area contributed by atoms with Gasteiger partial charge < -0.3 is 0 Å². The highest BCUT2D eigenvalue weighted by Crippen LogP contribution is 2.32. The van der Waals surface area contributed by atoms with Gasteiger partial charge in [0.15, 0.2) is 0 Å². The summed E-state index contributed by atoms with van der Waals surface area (Å²) in [6, 6.07) is 11.2. The van der Waals surface area contributed by atoms with E-state index in [-0.39, 0.29) is 0 Å². The molecule has 0 aliphatic heterocycles. The highest BCUT2D eigenvalue weighted by Gasteiger charge is 2.23. The Morgan fingerprint density at radius 1 is 0.933 bits per heavy atom. The minimum absolute atomic E-state index is 0.414. The average Bonchev–Trinajstić information content (AvgIpc) is 2.00. The fourth-order valence-corrected chi connectivity index (χ4v) is 17.0. The maximum atomic E-state index is 2.51.